The van der Waals surface area contributed by atoms with E-state index in [1.165, 1.54) is 28.8 Å². The summed E-state index contributed by atoms with van der Waals surface area (Å²) >= 11 is 7.04. The summed E-state index contributed by atoms with van der Waals surface area (Å²) in [6.07, 6.45) is 0.803. The standard InChI is InChI=1S/C17H18Br2FN/c1-10-6-13(7-11(2)17(10)19)16(21-3)8-12-4-5-14(20)9-15(12)18/h4-7,9,16,21H,8H2,1-3H3. The summed E-state index contributed by atoms with van der Waals surface area (Å²) in [7, 11) is 1.95. The van der Waals surface area contributed by atoms with Crippen LogP contribution in [0.2, 0.25) is 0 Å². The van der Waals surface area contributed by atoms with E-state index in [-0.39, 0.29) is 11.9 Å². The van der Waals surface area contributed by atoms with Gasteiger partial charge in [0.2, 0.25) is 0 Å². The second kappa shape index (κ2) is 7.03. The first kappa shape index (κ1) is 16.7. The summed E-state index contributed by atoms with van der Waals surface area (Å²) in [5.41, 5.74) is 4.78. The monoisotopic (exact) mass is 413 g/mol. The molecule has 0 saturated carbocycles. The minimum Gasteiger partial charge on any atom is -0.313 e. The lowest BCUT2D eigenvalue weighted by atomic mass is 9.96. The van der Waals surface area contributed by atoms with Crippen LogP contribution in [0.5, 0.6) is 0 Å². The lowest BCUT2D eigenvalue weighted by Gasteiger charge is -2.19. The van der Waals surface area contributed by atoms with Gasteiger partial charge in [-0.3, -0.25) is 0 Å². The third-order valence-electron chi connectivity index (χ3n) is 3.65. The van der Waals surface area contributed by atoms with E-state index in [1.54, 1.807) is 0 Å². The molecule has 0 aliphatic heterocycles. The average Bonchev–Trinajstić information content (AvgIpc) is 2.43. The van der Waals surface area contributed by atoms with Crippen molar-refractivity contribution in [2.45, 2.75) is 26.3 Å². The summed E-state index contributed by atoms with van der Waals surface area (Å²) in [6, 6.07) is 9.43. The third-order valence-corrected chi connectivity index (χ3v) is 5.64. The first-order valence-corrected chi connectivity index (χ1v) is 8.38. The molecule has 1 nitrogen and oxygen atoms in total. The van der Waals surface area contributed by atoms with Crippen molar-refractivity contribution in [2.24, 2.45) is 0 Å². The van der Waals surface area contributed by atoms with Gasteiger partial charge in [-0.2, -0.15) is 0 Å². The molecule has 0 saturated heterocycles. The fourth-order valence-electron chi connectivity index (χ4n) is 2.47. The van der Waals surface area contributed by atoms with Crippen molar-refractivity contribution < 1.29 is 4.39 Å². The molecular formula is C17H18Br2FN. The summed E-state index contributed by atoms with van der Waals surface area (Å²) in [4.78, 5) is 0. The topological polar surface area (TPSA) is 12.0 Å². The lowest BCUT2D eigenvalue weighted by molar-refractivity contribution is 0.586. The number of hydrogen-bond donors (Lipinski definition) is 1. The number of halogens is 3. The fraction of sp³-hybridized carbons (Fsp3) is 0.294. The Kier molecular flexibility index (Phi) is 5.58. The SMILES string of the molecule is CNC(Cc1ccc(F)cc1Br)c1cc(C)c(Br)c(C)c1. The lowest BCUT2D eigenvalue weighted by Crippen LogP contribution is -2.19. The van der Waals surface area contributed by atoms with Gasteiger partial charge in [-0.1, -0.05) is 50.1 Å². The van der Waals surface area contributed by atoms with Gasteiger partial charge >= 0.3 is 0 Å². The molecule has 0 aromatic heterocycles. The van der Waals surface area contributed by atoms with Crippen LogP contribution >= 0.6 is 31.9 Å². The molecule has 1 unspecified atom stereocenters. The maximum absolute atomic E-state index is 13.2. The Balaban J connectivity index is 2.32. The van der Waals surface area contributed by atoms with Crippen molar-refractivity contribution in [3.63, 3.8) is 0 Å². The zero-order valence-corrected chi connectivity index (χ0v) is 15.5. The summed E-state index contributed by atoms with van der Waals surface area (Å²) < 4.78 is 15.2. The van der Waals surface area contributed by atoms with E-state index < -0.39 is 0 Å². The molecule has 1 N–H and O–H groups in total. The van der Waals surface area contributed by atoms with Crippen molar-refractivity contribution in [3.05, 3.63) is 67.3 Å². The first-order chi connectivity index (χ1) is 9.92. The molecule has 0 amide bonds. The molecule has 0 aliphatic rings. The highest BCUT2D eigenvalue weighted by Gasteiger charge is 2.14. The number of nitrogens with one attached hydrogen (secondary N) is 1. The highest BCUT2D eigenvalue weighted by Crippen LogP contribution is 2.29. The number of benzene rings is 2. The summed E-state index contributed by atoms with van der Waals surface area (Å²) in [6.45, 7) is 4.20. The van der Waals surface area contributed by atoms with E-state index in [0.717, 1.165) is 20.9 Å². The smallest absolute Gasteiger partial charge is 0.124 e. The normalized spacial score (nSPS) is 12.5. The van der Waals surface area contributed by atoms with Gasteiger partial charge in [0.15, 0.2) is 0 Å². The summed E-state index contributed by atoms with van der Waals surface area (Å²) in [5.74, 6) is -0.220. The van der Waals surface area contributed by atoms with Crippen LogP contribution in [0.4, 0.5) is 4.39 Å². The maximum atomic E-state index is 13.2. The molecular weight excluding hydrogens is 397 g/mol. The molecule has 0 heterocycles. The molecule has 21 heavy (non-hydrogen) atoms. The molecule has 0 bridgehead atoms. The van der Waals surface area contributed by atoms with E-state index >= 15 is 0 Å². The Morgan fingerprint density at radius 2 is 1.71 bits per heavy atom. The molecule has 0 aliphatic carbocycles. The molecule has 2 aromatic rings. The van der Waals surface area contributed by atoms with Crippen LogP contribution in [0, 0.1) is 19.7 Å². The maximum Gasteiger partial charge on any atom is 0.124 e. The molecule has 2 rings (SSSR count). The van der Waals surface area contributed by atoms with Gasteiger partial charge in [-0.15, -0.1) is 0 Å². The molecule has 1 atom stereocenters. The second-order valence-electron chi connectivity index (χ2n) is 5.25. The van der Waals surface area contributed by atoms with Gasteiger partial charge in [-0.05, 0) is 61.7 Å². The van der Waals surface area contributed by atoms with Gasteiger partial charge in [0.25, 0.3) is 0 Å². The van der Waals surface area contributed by atoms with Crippen molar-refractivity contribution in [2.75, 3.05) is 7.05 Å². The quantitative estimate of drug-likeness (QED) is 0.699. The third kappa shape index (κ3) is 3.93. The van der Waals surface area contributed by atoms with E-state index in [0.29, 0.717) is 0 Å². The molecule has 2 aromatic carbocycles. The number of likely N-dealkylation sites (N-methyl/N-ethyl adjacent to an activating group) is 1. The Bertz CT molecular complexity index is 632. The predicted octanol–water partition coefficient (Wildman–Crippen LogP) is 5.47. The highest BCUT2D eigenvalue weighted by atomic mass is 79.9. The zero-order chi connectivity index (χ0) is 15.6. The number of hydrogen-bond acceptors (Lipinski definition) is 1. The minimum atomic E-state index is -0.220. The van der Waals surface area contributed by atoms with Crippen LogP contribution in [0.3, 0.4) is 0 Å². The molecule has 112 valence electrons. The highest BCUT2D eigenvalue weighted by molar-refractivity contribution is 9.10. The minimum absolute atomic E-state index is 0.192. The van der Waals surface area contributed by atoms with E-state index in [2.05, 4.69) is 63.2 Å². The zero-order valence-electron chi connectivity index (χ0n) is 12.3. The Labute approximate surface area is 142 Å². The molecule has 0 fully saturated rings. The van der Waals surface area contributed by atoms with Crippen LogP contribution in [0.1, 0.15) is 28.3 Å². The van der Waals surface area contributed by atoms with Crippen LogP contribution in [0.25, 0.3) is 0 Å². The van der Waals surface area contributed by atoms with Crippen molar-refractivity contribution in [3.8, 4) is 0 Å². The van der Waals surface area contributed by atoms with Gasteiger partial charge in [0.1, 0.15) is 5.82 Å². The van der Waals surface area contributed by atoms with Crippen molar-refractivity contribution in [1.82, 2.24) is 5.32 Å². The van der Waals surface area contributed by atoms with Crippen LogP contribution in [-0.4, -0.2) is 7.05 Å². The summed E-state index contributed by atoms with van der Waals surface area (Å²) in [5, 5.41) is 3.35. The van der Waals surface area contributed by atoms with Crippen molar-refractivity contribution in [1.29, 1.82) is 0 Å². The first-order valence-electron chi connectivity index (χ1n) is 6.80. The van der Waals surface area contributed by atoms with E-state index in [4.69, 9.17) is 0 Å². The van der Waals surface area contributed by atoms with Gasteiger partial charge in [-0.25, -0.2) is 4.39 Å². The largest absolute Gasteiger partial charge is 0.313 e. The predicted molar refractivity (Wildman–Crippen MR) is 93.2 cm³/mol. The molecule has 0 radical (unpaired) electrons. The number of rotatable bonds is 4. The molecule has 4 heteroatoms. The van der Waals surface area contributed by atoms with E-state index in [1.807, 2.05) is 13.1 Å². The van der Waals surface area contributed by atoms with Gasteiger partial charge < -0.3 is 5.32 Å². The Hall–Kier alpha value is -0.710. The number of aryl methyl sites for hydroxylation is 2. The van der Waals surface area contributed by atoms with Gasteiger partial charge in [0.05, 0.1) is 0 Å². The Morgan fingerprint density at radius 1 is 1.10 bits per heavy atom. The van der Waals surface area contributed by atoms with Crippen LogP contribution < -0.4 is 5.32 Å². The Morgan fingerprint density at radius 3 is 2.24 bits per heavy atom. The average molecular weight is 415 g/mol. The van der Waals surface area contributed by atoms with Gasteiger partial charge in [0, 0.05) is 15.0 Å². The van der Waals surface area contributed by atoms with Crippen LogP contribution in [0.15, 0.2) is 39.3 Å². The van der Waals surface area contributed by atoms with Crippen LogP contribution in [-0.2, 0) is 6.42 Å². The molecule has 0 spiro atoms. The van der Waals surface area contributed by atoms with E-state index in [9.17, 15) is 4.39 Å². The van der Waals surface area contributed by atoms with Crippen molar-refractivity contribution >= 4 is 31.9 Å². The second-order valence-corrected chi connectivity index (χ2v) is 6.90. The fourth-order valence-corrected chi connectivity index (χ4v) is 3.22.